The van der Waals surface area contributed by atoms with Crippen LogP contribution in [0.25, 0.3) is 10.9 Å². The van der Waals surface area contributed by atoms with E-state index in [2.05, 4.69) is 20.7 Å². The number of hydrogen-bond acceptors (Lipinski definition) is 6. The zero-order valence-electron chi connectivity index (χ0n) is 18.1. The highest BCUT2D eigenvalue weighted by Gasteiger charge is 2.28. The Morgan fingerprint density at radius 2 is 2.06 bits per heavy atom. The zero-order chi connectivity index (χ0) is 23.7. The largest absolute Gasteiger partial charge is 0.365 e. The molecule has 0 saturated heterocycles. The first-order chi connectivity index (χ1) is 15.8. The van der Waals surface area contributed by atoms with Gasteiger partial charge in [0.1, 0.15) is 12.5 Å². The predicted octanol–water partition coefficient (Wildman–Crippen LogP) is 3.45. The van der Waals surface area contributed by atoms with Gasteiger partial charge in [0.2, 0.25) is 5.95 Å². The first kappa shape index (κ1) is 22.8. The maximum Gasteiger partial charge on any atom is 0.252 e. The summed E-state index contributed by atoms with van der Waals surface area (Å²) >= 11 is 0. The first-order valence-corrected chi connectivity index (χ1v) is 10.8. The second-order valence-corrected chi connectivity index (χ2v) is 8.40. The topological polar surface area (TPSA) is 124 Å². The number of amides is 1. The highest BCUT2D eigenvalue weighted by Crippen LogP contribution is 2.35. The molecular formula is C22H26F3N7O. The number of rotatable bonds is 10. The van der Waals surface area contributed by atoms with E-state index in [0.29, 0.717) is 11.4 Å². The Labute approximate surface area is 188 Å². The number of nitrogens with two attached hydrogens (primary N) is 2. The summed E-state index contributed by atoms with van der Waals surface area (Å²) in [6, 6.07) is 5.27. The van der Waals surface area contributed by atoms with Crippen molar-refractivity contribution in [2.75, 3.05) is 17.3 Å². The van der Waals surface area contributed by atoms with Gasteiger partial charge < -0.3 is 22.1 Å². The second-order valence-electron chi connectivity index (χ2n) is 8.40. The number of hydrogen-bond donors (Lipinski definition) is 4. The summed E-state index contributed by atoms with van der Waals surface area (Å²) in [6.45, 7) is 1.00. The molecule has 1 aromatic carbocycles. The van der Waals surface area contributed by atoms with E-state index in [4.69, 9.17) is 11.5 Å². The second kappa shape index (κ2) is 9.26. The van der Waals surface area contributed by atoms with Crippen molar-refractivity contribution in [3.05, 3.63) is 41.6 Å². The number of carbonyl (C=O) groups is 1. The lowest BCUT2D eigenvalue weighted by Crippen LogP contribution is -2.39. The minimum absolute atomic E-state index is 0.0496. The van der Waals surface area contributed by atoms with E-state index in [-0.39, 0.29) is 46.9 Å². The summed E-state index contributed by atoms with van der Waals surface area (Å²) in [7, 11) is 0. The normalized spacial score (nSPS) is 15.4. The van der Waals surface area contributed by atoms with Crippen LogP contribution in [0.4, 0.5) is 30.5 Å². The van der Waals surface area contributed by atoms with E-state index in [1.807, 2.05) is 6.92 Å². The quantitative estimate of drug-likeness (QED) is 0.367. The van der Waals surface area contributed by atoms with Crippen LogP contribution in [0.15, 0.2) is 24.3 Å². The molecule has 1 fully saturated rings. The van der Waals surface area contributed by atoms with Gasteiger partial charge in [-0.1, -0.05) is 18.9 Å². The van der Waals surface area contributed by atoms with Crippen molar-refractivity contribution in [2.24, 2.45) is 17.4 Å². The first-order valence-electron chi connectivity index (χ1n) is 10.8. The molecule has 6 N–H and O–H groups in total. The van der Waals surface area contributed by atoms with Crippen LogP contribution in [-0.2, 0) is 6.54 Å². The average Bonchev–Trinajstić information content (AvgIpc) is 3.52. The molecule has 0 spiro atoms. The number of carbonyl (C=O) groups excluding carboxylic acids is 1. The molecule has 1 aliphatic rings. The summed E-state index contributed by atoms with van der Waals surface area (Å²) < 4.78 is 43.4. The maximum atomic E-state index is 14.8. The maximum absolute atomic E-state index is 14.8. The van der Waals surface area contributed by atoms with Crippen molar-refractivity contribution in [3.8, 4) is 0 Å². The van der Waals surface area contributed by atoms with Gasteiger partial charge >= 0.3 is 0 Å². The Bertz CT molecular complexity index is 1180. The molecule has 33 heavy (non-hydrogen) atoms. The lowest BCUT2D eigenvalue weighted by Gasteiger charge is -2.24. The molecule has 3 aromatic rings. The lowest BCUT2D eigenvalue weighted by molar-refractivity contribution is 0.100. The fourth-order valence-corrected chi connectivity index (χ4v) is 3.83. The summed E-state index contributed by atoms with van der Waals surface area (Å²) in [5, 5.41) is 9.75. The molecule has 11 heteroatoms. The Balaban J connectivity index is 1.72. The standard InChI is InChI=1S/C22H26F3N7O/c1-11(26)16(9-12-5-6-12)29-22-14(24)10-13(20(27)33)21(30-22)28-15-3-2-4-17-18(15)19(25)31-32(17)8-7-23/h2-4,10-12,16H,5-9,26H2,1H3,(H2,27,33)(H2,28,29,30)/t11-,16+/m0/s1. The van der Waals surface area contributed by atoms with Crippen LogP contribution in [0.3, 0.4) is 0 Å². The van der Waals surface area contributed by atoms with E-state index >= 15 is 0 Å². The minimum atomic E-state index is -0.905. The van der Waals surface area contributed by atoms with E-state index in [9.17, 15) is 18.0 Å². The Morgan fingerprint density at radius 3 is 2.70 bits per heavy atom. The van der Waals surface area contributed by atoms with Gasteiger partial charge in [-0.15, -0.1) is 5.10 Å². The third kappa shape index (κ3) is 4.87. The van der Waals surface area contributed by atoms with Crippen LogP contribution >= 0.6 is 0 Å². The third-order valence-corrected chi connectivity index (χ3v) is 5.77. The van der Waals surface area contributed by atoms with E-state index in [1.54, 1.807) is 18.2 Å². The molecular weight excluding hydrogens is 435 g/mol. The number of aryl methyl sites for hydroxylation is 1. The Hall–Kier alpha value is -3.34. The van der Waals surface area contributed by atoms with Gasteiger partial charge in [-0.2, -0.15) is 4.39 Å². The number of alkyl halides is 1. The van der Waals surface area contributed by atoms with Gasteiger partial charge in [-0.25, -0.2) is 13.8 Å². The number of anilines is 3. The van der Waals surface area contributed by atoms with Crippen molar-refractivity contribution >= 4 is 34.1 Å². The molecule has 2 heterocycles. The van der Waals surface area contributed by atoms with Crippen molar-refractivity contribution in [1.82, 2.24) is 14.8 Å². The number of benzene rings is 1. The van der Waals surface area contributed by atoms with Gasteiger partial charge in [0, 0.05) is 12.1 Å². The van der Waals surface area contributed by atoms with Crippen molar-refractivity contribution < 1.29 is 18.0 Å². The number of nitrogens with one attached hydrogen (secondary N) is 2. The van der Waals surface area contributed by atoms with Gasteiger partial charge in [0.15, 0.2) is 11.6 Å². The number of pyridine rings is 1. The number of fused-ring (bicyclic) bond motifs is 1. The van der Waals surface area contributed by atoms with Crippen LogP contribution < -0.4 is 22.1 Å². The van der Waals surface area contributed by atoms with E-state index in [0.717, 1.165) is 25.3 Å². The summed E-state index contributed by atoms with van der Waals surface area (Å²) in [6.07, 6.45) is 3.00. The Kier molecular flexibility index (Phi) is 6.41. The zero-order valence-corrected chi connectivity index (χ0v) is 18.1. The van der Waals surface area contributed by atoms with Crippen LogP contribution in [0, 0.1) is 17.7 Å². The van der Waals surface area contributed by atoms with Crippen LogP contribution in [0.2, 0.25) is 0 Å². The highest BCUT2D eigenvalue weighted by molar-refractivity contribution is 6.00. The summed E-state index contributed by atoms with van der Waals surface area (Å²) in [5.41, 5.74) is 11.9. The van der Waals surface area contributed by atoms with Crippen molar-refractivity contribution in [2.45, 2.75) is 44.8 Å². The number of halogens is 3. The highest BCUT2D eigenvalue weighted by atomic mass is 19.1. The number of nitrogens with zero attached hydrogens (tertiary/aromatic N) is 3. The third-order valence-electron chi connectivity index (χ3n) is 5.77. The van der Waals surface area contributed by atoms with Gasteiger partial charge in [-0.05, 0) is 37.5 Å². The molecule has 2 aromatic heterocycles. The smallest absolute Gasteiger partial charge is 0.252 e. The monoisotopic (exact) mass is 461 g/mol. The van der Waals surface area contributed by atoms with Gasteiger partial charge in [0.25, 0.3) is 5.91 Å². The van der Waals surface area contributed by atoms with Gasteiger partial charge in [-0.3, -0.25) is 9.48 Å². The predicted molar refractivity (Wildman–Crippen MR) is 120 cm³/mol. The molecule has 0 aliphatic heterocycles. The average molecular weight is 461 g/mol. The Morgan fingerprint density at radius 1 is 1.30 bits per heavy atom. The lowest BCUT2D eigenvalue weighted by atomic mass is 10.0. The van der Waals surface area contributed by atoms with E-state index in [1.165, 1.54) is 4.68 Å². The van der Waals surface area contributed by atoms with Gasteiger partial charge in [0.05, 0.1) is 28.7 Å². The molecule has 176 valence electrons. The number of primary amides is 1. The fourth-order valence-electron chi connectivity index (χ4n) is 3.83. The van der Waals surface area contributed by atoms with E-state index < -0.39 is 24.3 Å². The SMILES string of the molecule is C[C@H](N)[C@@H](CC1CC1)Nc1nc(Nc2cccc3c2c(F)nn3CCF)c(C(N)=O)cc1F. The summed E-state index contributed by atoms with van der Waals surface area (Å²) in [4.78, 5) is 16.2. The van der Waals surface area contributed by atoms with Crippen molar-refractivity contribution in [1.29, 1.82) is 0 Å². The minimum Gasteiger partial charge on any atom is -0.365 e. The molecule has 0 unspecified atom stereocenters. The molecule has 2 atom stereocenters. The van der Waals surface area contributed by atoms with Crippen LogP contribution in [-0.4, -0.2) is 39.4 Å². The number of aromatic nitrogens is 3. The molecule has 4 rings (SSSR count). The van der Waals surface area contributed by atoms with Crippen molar-refractivity contribution in [3.63, 3.8) is 0 Å². The molecule has 0 radical (unpaired) electrons. The molecule has 0 bridgehead atoms. The molecule has 8 nitrogen and oxygen atoms in total. The molecule has 1 saturated carbocycles. The molecule has 1 aliphatic carbocycles. The summed E-state index contributed by atoms with van der Waals surface area (Å²) in [5.74, 6) is -2.07. The van der Waals surface area contributed by atoms with Crippen LogP contribution in [0.5, 0.6) is 0 Å². The van der Waals surface area contributed by atoms with Crippen LogP contribution in [0.1, 0.15) is 36.5 Å². The fraction of sp³-hybridized carbons (Fsp3) is 0.409. The molecule has 1 amide bonds.